The molecule has 0 aliphatic rings. The highest BCUT2D eigenvalue weighted by Gasteiger charge is 2.23. The molecule has 2 aromatic heterocycles. The Balaban J connectivity index is 1.82. The van der Waals surface area contributed by atoms with Crippen LogP contribution in [0.5, 0.6) is 5.75 Å². The number of para-hydroxylation sites is 3. The molecular weight excluding hydrogens is 384 g/mol. The number of benzene rings is 2. The minimum atomic E-state index is -0.203. The number of carbonyl (C=O) groups excluding carboxylic acids is 1. The Hall–Kier alpha value is -3.38. The van der Waals surface area contributed by atoms with Crippen molar-refractivity contribution < 1.29 is 9.53 Å². The Kier molecular flexibility index (Phi) is 5.18. The van der Waals surface area contributed by atoms with Crippen LogP contribution in [-0.2, 0) is 6.54 Å². The number of nitrogens with one attached hydrogen (secondary N) is 1. The van der Waals surface area contributed by atoms with Gasteiger partial charge in [0, 0.05) is 5.56 Å². The van der Waals surface area contributed by atoms with Gasteiger partial charge in [0.05, 0.1) is 29.7 Å². The van der Waals surface area contributed by atoms with Gasteiger partial charge in [0.1, 0.15) is 5.75 Å². The van der Waals surface area contributed by atoms with Crippen LogP contribution >= 0.6 is 11.3 Å². The second-order valence-corrected chi connectivity index (χ2v) is 7.65. The molecule has 0 spiro atoms. The number of H-pyrrole nitrogens is 1. The summed E-state index contributed by atoms with van der Waals surface area (Å²) in [5.41, 5.74) is 2.75. The molecule has 0 fully saturated rings. The van der Waals surface area contributed by atoms with Crippen LogP contribution in [0.25, 0.3) is 10.9 Å². The minimum absolute atomic E-state index is 0.135. The van der Waals surface area contributed by atoms with Gasteiger partial charge in [-0.05, 0) is 47.5 Å². The summed E-state index contributed by atoms with van der Waals surface area (Å²) in [5.74, 6) is 0.402. The standard InChI is InChI=1S/C23H20N2O3S/c1-15-7-5-8-16-13-17(22(26)24-21(15)16)14-25(23(27)20-11-6-12-29-20)18-9-3-4-10-19(18)28-2/h3-13H,14H2,1-2H3,(H,24,26). The monoisotopic (exact) mass is 404 g/mol. The molecule has 2 heterocycles. The summed E-state index contributed by atoms with van der Waals surface area (Å²) in [6.45, 7) is 2.09. The zero-order chi connectivity index (χ0) is 20.4. The van der Waals surface area contributed by atoms with E-state index in [0.717, 1.165) is 16.5 Å². The fourth-order valence-electron chi connectivity index (χ4n) is 3.37. The lowest BCUT2D eigenvalue weighted by atomic mass is 10.1. The van der Waals surface area contributed by atoms with Gasteiger partial charge in [-0.1, -0.05) is 36.4 Å². The number of nitrogens with zero attached hydrogens (tertiary/aromatic N) is 1. The van der Waals surface area contributed by atoms with E-state index in [1.165, 1.54) is 11.3 Å². The van der Waals surface area contributed by atoms with Crippen LogP contribution < -0.4 is 15.2 Å². The molecule has 4 rings (SSSR count). The highest BCUT2D eigenvalue weighted by atomic mass is 32.1. The molecule has 4 aromatic rings. The van der Waals surface area contributed by atoms with Crippen LogP contribution in [0, 0.1) is 6.92 Å². The van der Waals surface area contributed by atoms with Crippen molar-refractivity contribution in [1.29, 1.82) is 0 Å². The Morgan fingerprint density at radius 2 is 1.93 bits per heavy atom. The molecule has 29 heavy (non-hydrogen) atoms. The van der Waals surface area contributed by atoms with Gasteiger partial charge in [-0.25, -0.2) is 0 Å². The third-order valence-electron chi connectivity index (χ3n) is 4.85. The Morgan fingerprint density at radius 3 is 2.69 bits per heavy atom. The van der Waals surface area contributed by atoms with Crippen molar-refractivity contribution in [2.45, 2.75) is 13.5 Å². The fraction of sp³-hybridized carbons (Fsp3) is 0.130. The molecule has 1 amide bonds. The number of carbonyl (C=O) groups is 1. The van der Waals surface area contributed by atoms with E-state index in [9.17, 15) is 9.59 Å². The smallest absolute Gasteiger partial charge is 0.268 e. The second kappa shape index (κ2) is 7.93. The van der Waals surface area contributed by atoms with Crippen molar-refractivity contribution in [3.63, 3.8) is 0 Å². The number of pyridine rings is 1. The first-order valence-electron chi connectivity index (χ1n) is 9.18. The molecule has 5 nitrogen and oxygen atoms in total. The first kappa shape index (κ1) is 19.0. The Bertz CT molecular complexity index is 1230. The van der Waals surface area contributed by atoms with Gasteiger partial charge in [0.25, 0.3) is 11.5 Å². The van der Waals surface area contributed by atoms with Gasteiger partial charge in [-0.2, -0.15) is 0 Å². The molecule has 2 aromatic carbocycles. The number of amides is 1. The number of aromatic nitrogens is 1. The van der Waals surface area contributed by atoms with Crippen molar-refractivity contribution in [2.24, 2.45) is 0 Å². The molecule has 6 heteroatoms. The van der Waals surface area contributed by atoms with Gasteiger partial charge in [0.2, 0.25) is 0 Å². The van der Waals surface area contributed by atoms with E-state index in [1.807, 2.05) is 60.8 Å². The minimum Gasteiger partial charge on any atom is -0.495 e. The Labute approximate surface area is 172 Å². The van der Waals surface area contributed by atoms with E-state index in [0.29, 0.717) is 21.9 Å². The van der Waals surface area contributed by atoms with Crippen LogP contribution in [0.1, 0.15) is 20.8 Å². The molecule has 1 N–H and O–H groups in total. The van der Waals surface area contributed by atoms with Crippen molar-refractivity contribution in [2.75, 3.05) is 12.0 Å². The predicted molar refractivity (Wildman–Crippen MR) is 117 cm³/mol. The summed E-state index contributed by atoms with van der Waals surface area (Å²) in [5, 5.41) is 2.79. The van der Waals surface area contributed by atoms with Gasteiger partial charge < -0.3 is 9.72 Å². The average molecular weight is 404 g/mol. The van der Waals surface area contributed by atoms with Crippen molar-refractivity contribution in [3.05, 3.63) is 92.4 Å². The summed E-state index contributed by atoms with van der Waals surface area (Å²) >= 11 is 1.37. The third kappa shape index (κ3) is 3.67. The molecule has 0 radical (unpaired) electrons. The predicted octanol–water partition coefficient (Wildman–Crippen LogP) is 4.75. The van der Waals surface area contributed by atoms with Gasteiger partial charge in [0.15, 0.2) is 0 Å². The summed E-state index contributed by atoms with van der Waals surface area (Å²) in [6, 6.07) is 18.7. The van der Waals surface area contributed by atoms with Gasteiger partial charge >= 0.3 is 0 Å². The van der Waals surface area contributed by atoms with Gasteiger partial charge in [-0.3, -0.25) is 14.5 Å². The average Bonchev–Trinajstić information content (AvgIpc) is 3.27. The van der Waals surface area contributed by atoms with Crippen molar-refractivity contribution in [3.8, 4) is 5.75 Å². The maximum atomic E-state index is 13.3. The van der Waals surface area contributed by atoms with E-state index >= 15 is 0 Å². The first-order chi connectivity index (χ1) is 14.1. The van der Waals surface area contributed by atoms with Crippen LogP contribution in [0.2, 0.25) is 0 Å². The molecule has 0 saturated heterocycles. The quantitative estimate of drug-likeness (QED) is 0.522. The SMILES string of the molecule is COc1ccccc1N(Cc1cc2cccc(C)c2[nH]c1=O)C(=O)c1cccs1. The number of aromatic amines is 1. The topological polar surface area (TPSA) is 62.4 Å². The maximum absolute atomic E-state index is 13.3. The summed E-state index contributed by atoms with van der Waals surface area (Å²) in [4.78, 5) is 31.2. The van der Waals surface area contributed by atoms with Crippen LogP contribution in [-0.4, -0.2) is 18.0 Å². The number of aryl methyl sites for hydroxylation is 1. The zero-order valence-electron chi connectivity index (χ0n) is 16.1. The van der Waals surface area contributed by atoms with Crippen molar-refractivity contribution in [1.82, 2.24) is 4.98 Å². The van der Waals surface area contributed by atoms with E-state index in [-0.39, 0.29) is 18.0 Å². The maximum Gasteiger partial charge on any atom is 0.268 e. The number of rotatable bonds is 5. The number of thiophene rings is 1. The molecule has 0 bridgehead atoms. The largest absolute Gasteiger partial charge is 0.495 e. The highest BCUT2D eigenvalue weighted by Crippen LogP contribution is 2.31. The third-order valence-corrected chi connectivity index (χ3v) is 5.70. The van der Waals surface area contributed by atoms with E-state index in [2.05, 4.69) is 4.98 Å². The lowest BCUT2D eigenvalue weighted by Crippen LogP contribution is -2.32. The molecular formula is C23H20N2O3S. The first-order valence-corrected chi connectivity index (χ1v) is 10.1. The molecule has 146 valence electrons. The summed E-state index contributed by atoms with van der Waals surface area (Å²) in [7, 11) is 1.57. The summed E-state index contributed by atoms with van der Waals surface area (Å²) in [6.07, 6.45) is 0. The number of fused-ring (bicyclic) bond motifs is 1. The zero-order valence-corrected chi connectivity index (χ0v) is 17.0. The van der Waals surface area contributed by atoms with Crippen LogP contribution in [0.15, 0.2) is 70.8 Å². The highest BCUT2D eigenvalue weighted by molar-refractivity contribution is 7.12. The molecule has 0 atom stereocenters. The van der Waals surface area contributed by atoms with Crippen molar-refractivity contribution >= 4 is 33.8 Å². The molecule has 0 unspecified atom stereocenters. The molecule has 0 aliphatic carbocycles. The van der Waals surface area contributed by atoms with E-state index in [4.69, 9.17) is 4.74 Å². The van der Waals surface area contributed by atoms with Gasteiger partial charge in [-0.15, -0.1) is 11.3 Å². The number of methoxy groups -OCH3 is 1. The lowest BCUT2D eigenvalue weighted by molar-refractivity contribution is 0.0988. The normalized spacial score (nSPS) is 10.8. The lowest BCUT2D eigenvalue weighted by Gasteiger charge is -2.24. The fourth-order valence-corrected chi connectivity index (χ4v) is 4.04. The Morgan fingerprint density at radius 1 is 1.10 bits per heavy atom. The number of anilines is 1. The summed E-state index contributed by atoms with van der Waals surface area (Å²) < 4.78 is 5.47. The molecule has 0 saturated carbocycles. The molecule has 0 aliphatic heterocycles. The number of hydrogen-bond acceptors (Lipinski definition) is 4. The number of hydrogen-bond donors (Lipinski definition) is 1. The van der Waals surface area contributed by atoms with E-state index in [1.54, 1.807) is 24.1 Å². The number of ether oxygens (including phenoxy) is 1. The second-order valence-electron chi connectivity index (χ2n) is 6.70. The van der Waals surface area contributed by atoms with E-state index < -0.39 is 0 Å². The van der Waals surface area contributed by atoms with Crippen LogP contribution in [0.4, 0.5) is 5.69 Å². The van der Waals surface area contributed by atoms with Crippen LogP contribution in [0.3, 0.4) is 0 Å².